The van der Waals surface area contributed by atoms with Gasteiger partial charge in [0.2, 0.25) is 5.75 Å². The first kappa shape index (κ1) is 17.6. The largest absolute Gasteiger partial charge is 0.492 e. The Hall–Kier alpha value is -1.42. The zero-order valence-corrected chi connectivity index (χ0v) is 14.0. The second-order valence-electron chi connectivity index (χ2n) is 5.09. The van der Waals surface area contributed by atoms with Crippen molar-refractivity contribution in [3.05, 3.63) is 16.7 Å². The van der Waals surface area contributed by atoms with Gasteiger partial charge in [-0.25, -0.2) is 0 Å². The molecule has 0 fully saturated rings. The van der Waals surface area contributed by atoms with E-state index >= 15 is 0 Å². The fraction of sp³-hybridized carbons (Fsp3) is 0.562. The Morgan fingerprint density at radius 3 is 2.14 bits per heavy atom. The van der Waals surface area contributed by atoms with Gasteiger partial charge in [-0.05, 0) is 24.5 Å². The van der Waals surface area contributed by atoms with E-state index in [0.717, 1.165) is 12.0 Å². The Kier molecular flexibility index (Phi) is 6.82. The van der Waals surface area contributed by atoms with Crippen LogP contribution in [-0.4, -0.2) is 27.1 Å². The van der Waals surface area contributed by atoms with Gasteiger partial charge >= 0.3 is 0 Å². The molecule has 21 heavy (non-hydrogen) atoms. The number of methoxy groups -OCH3 is 3. The minimum atomic E-state index is 0.0703. The van der Waals surface area contributed by atoms with Crippen LogP contribution in [0.25, 0.3) is 0 Å². The number of ether oxygens (including phenoxy) is 3. The number of Topliss-reactive ketones (excluding diaryl/α,β-unsaturated/α-hetero) is 1. The molecule has 0 aliphatic rings. The fourth-order valence-corrected chi connectivity index (χ4v) is 2.46. The van der Waals surface area contributed by atoms with Gasteiger partial charge in [0.05, 0.1) is 26.4 Å². The Bertz CT molecular complexity index is 498. The van der Waals surface area contributed by atoms with Gasteiger partial charge in [-0.1, -0.05) is 25.4 Å². The van der Waals surface area contributed by atoms with Crippen LogP contribution in [-0.2, 0) is 11.2 Å². The van der Waals surface area contributed by atoms with E-state index in [2.05, 4.69) is 0 Å². The number of rotatable bonds is 8. The van der Waals surface area contributed by atoms with Crippen molar-refractivity contribution in [1.82, 2.24) is 0 Å². The van der Waals surface area contributed by atoms with E-state index in [1.54, 1.807) is 14.2 Å². The SMILES string of the molecule is COc1c(Cl)cc(CCCC(=O)C(C)C)c(OC)c1OC. The highest BCUT2D eigenvalue weighted by atomic mass is 35.5. The summed E-state index contributed by atoms with van der Waals surface area (Å²) in [4.78, 5) is 11.7. The lowest BCUT2D eigenvalue weighted by Gasteiger charge is -2.17. The van der Waals surface area contributed by atoms with Crippen LogP contribution in [0.2, 0.25) is 5.02 Å². The second-order valence-corrected chi connectivity index (χ2v) is 5.50. The molecule has 0 spiro atoms. The molecule has 0 amide bonds. The molecule has 4 nitrogen and oxygen atoms in total. The molecule has 0 unspecified atom stereocenters. The summed E-state index contributed by atoms with van der Waals surface area (Å²) in [5.41, 5.74) is 0.914. The number of hydrogen-bond donors (Lipinski definition) is 0. The van der Waals surface area contributed by atoms with Crippen molar-refractivity contribution in [2.75, 3.05) is 21.3 Å². The van der Waals surface area contributed by atoms with Gasteiger partial charge in [0, 0.05) is 12.3 Å². The van der Waals surface area contributed by atoms with Gasteiger partial charge in [0.25, 0.3) is 0 Å². The minimum absolute atomic E-state index is 0.0703. The van der Waals surface area contributed by atoms with E-state index in [-0.39, 0.29) is 11.7 Å². The Morgan fingerprint density at radius 1 is 1.10 bits per heavy atom. The lowest BCUT2D eigenvalue weighted by Crippen LogP contribution is -2.07. The Labute approximate surface area is 131 Å². The van der Waals surface area contributed by atoms with Gasteiger partial charge in [-0.3, -0.25) is 4.79 Å². The van der Waals surface area contributed by atoms with Crippen molar-refractivity contribution < 1.29 is 19.0 Å². The van der Waals surface area contributed by atoms with Crippen molar-refractivity contribution in [1.29, 1.82) is 0 Å². The van der Waals surface area contributed by atoms with E-state index < -0.39 is 0 Å². The Balaban J connectivity index is 2.97. The predicted molar refractivity (Wildman–Crippen MR) is 83.9 cm³/mol. The van der Waals surface area contributed by atoms with Crippen molar-refractivity contribution in [2.24, 2.45) is 5.92 Å². The second kappa shape index (κ2) is 8.13. The first-order valence-electron chi connectivity index (χ1n) is 6.96. The smallest absolute Gasteiger partial charge is 0.205 e. The van der Waals surface area contributed by atoms with Crippen LogP contribution in [0.4, 0.5) is 0 Å². The van der Waals surface area contributed by atoms with Crippen LogP contribution in [0.15, 0.2) is 6.07 Å². The van der Waals surface area contributed by atoms with Gasteiger partial charge in [-0.2, -0.15) is 0 Å². The van der Waals surface area contributed by atoms with Crippen LogP contribution in [0.1, 0.15) is 32.3 Å². The molecular formula is C16H23ClO4. The average molecular weight is 315 g/mol. The van der Waals surface area contributed by atoms with Crippen molar-refractivity contribution in [2.45, 2.75) is 33.1 Å². The summed E-state index contributed by atoms with van der Waals surface area (Å²) in [5.74, 6) is 1.88. The molecule has 1 rings (SSSR count). The first-order valence-corrected chi connectivity index (χ1v) is 7.34. The highest BCUT2D eigenvalue weighted by Crippen LogP contribution is 2.45. The van der Waals surface area contributed by atoms with Gasteiger partial charge in [0.1, 0.15) is 5.78 Å². The molecule has 0 saturated carbocycles. The van der Waals surface area contributed by atoms with E-state index in [1.807, 2.05) is 19.9 Å². The highest BCUT2D eigenvalue weighted by Gasteiger charge is 2.20. The lowest BCUT2D eigenvalue weighted by molar-refractivity contribution is -0.121. The zero-order chi connectivity index (χ0) is 16.0. The number of halogens is 1. The van der Waals surface area contributed by atoms with Crippen molar-refractivity contribution in [3.8, 4) is 17.2 Å². The summed E-state index contributed by atoms with van der Waals surface area (Å²) < 4.78 is 16.0. The molecule has 0 aliphatic heterocycles. The molecule has 0 aliphatic carbocycles. The lowest BCUT2D eigenvalue weighted by atomic mass is 10.00. The number of carbonyl (C=O) groups excluding carboxylic acids is 1. The van der Waals surface area contributed by atoms with Gasteiger partial charge in [-0.15, -0.1) is 0 Å². The summed E-state index contributed by atoms with van der Waals surface area (Å²) in [6.45, 7) is 3.83. The van der Waals surface area contributed by atoms with E-state index in [9.17, 15) is 4.79 Å². The number of carbonyl (C=O) groups is 1. The molecule has 0 radical (unpaired) electrons. The van der Waals surface area contributed by atoms with Crippen LogP contribution in [0.3, 0.4) is 0 Å². The molecule has 0 bridgehead atoms. The predicted octanol–water partition coefficient (Wildman–Crippen LogP) is 3.91. The maximum Gasteiger partial charge on any atom is 0.205 e. The molecule has 118 valence electrons. The minimum Gasteiger partial charge on any atom is -0.492 e. The fourth-order valence-electron chi connectivity index (χ4n) is 2.17. The van der Waals surface area contributed by atoms with Crippen LogP contribution in [0.5, 0.6) is 17.2 Å². The number of ketones is 1. The molecule has 1 aromatic rings. The van der Waals surface area contributed by atoms with E-state index in [1.165, 1.54) is 7.11 Å². The van der Waals surface area contributed by atoms with Gasteiger partial charge in [0.15, 0.2) is 11.5 Å². The highest BCUT2D eigenvalue weighted by molar-refractivity contribution is 6.32. The van der Waals surface area contributed by atoms with Gasteiger partial charge < -0.3 is 14.2 Å². The van der Waals surface area contributed by atoms with E-state index in [4.69, 9.17) is 25.8 Å². The van der Waals surface area contributed by atoms with Crippen LogP contribution >= 0.6 is 11.6 Å². The summed E-state index contributed by atoms with van der Waals surface area (Å²) in [6.07, 6.45) is 1.99. The molecule has 0 N–H and O–H groups in total. The van der Waals surface area contributed by atoms with Crippen LogP contribution < -0.4 is 14.2 Å². The quantitative estimate of drug-likeness (QED) is 0.729. The molecule has 0 atom stereocenters. The first-order chi connectivity index (χ1) is 9.96. The maximum atomic E-state index is 11.7. The molecule has 5 heteroatoms. The number of aryl methyl sites for hydroxylation is 1. The summed E-state index contributed by atoms with van der Waals surface area (Å²) in [5, 5.41) is 0.473. The third-order valence-electron chi connectivity index (χ3n) is 3.35. The topological polar surface area (TPSA) is 44.8 Å². The number of benzene rings is 1. The third-order valence-corrected chi connectivity index (χ3v) is 3.63. The molecule has 0 heterocycles. The maximum absolute atomic E-state index is 11.7. The average Bonchev–Trinajstić information content (AvgIpc) is 2.46. The van der Waals surface area contributed by atoms with E-state index in [0.29, 0.717) is 35.1 Å². The van der Waals surface area contributed by atoms with Crippen molar-refractivity contribution >= 4 is 17.4 Å². The summed E-state index contributed by atoms with van der Waals surface area (Å²) in [6, 6.07) is 1.81. The standard InChI is InChI=1S/C16H23ClO4/c1-10(2)13(18)8-6-7-11-9-12(17)15(20-4)16(21-5)14(11)19-3/h9-10H,6-8H2,1-5H3. The Morgan fingerprint density at radius 2 is 1.67 bits per heavy atom. The normalized spacial score (nSPS) is 10.6. The van der Waals surface area contributed by atoms with Crippen molar-refractivity contribution in [3.63, 3.8) is 0 Å². The third kappa shape index (κ3) is 4.27. The summed E-state index contributed by atoms with van der Waals surface area (Å²) >= 11 is 6.21. The summed E-state index contributed by atoms with van der Waals surface area (Å²) in [7, 11) is 4.65. The zero-order valence-electron chi connectivity index (χ0n) is 13.3. The molecule has 0 saturated heterocycles. The molecule has 1 aromatic carbocycles. The monoisotopic (exact) mass is 314 g/mol. The molecule has 0 aromatic heterocycles. The molecular weight excluding hydrogens is 292 g/mol. The van der Waals surface area contributed by atoms with Crippen LogP contribution in [0, 0.1) is 5.92 Å². The number of hydrogen-bond acceptors (Lipinski definition) is 4.